The zero-order chi connectivity index (χ0) is 18.4. The van der Waals surface area contributed by atoms with Crippen LogP contribution in [-0.4, -0.2) is 6.04 Å². The summed E-state index contributed by atoms with van der Waals surface area (Å²) in [7, 11) is 0. The molecule has 0 aromatic heterocycles. The van der Waals surface area contributed by atoms with E-state index in [1.807, 2.05) is 0 Å². The van der Waals surface area contributed by atoms with E-state index < -0.39 is 0 Å². The summed E-state index contributed by atoms with van der Waals surface area (Å²) in [6.07, 6.45) is 8.24. The van der Waals surface area contributed by atoms with Crippen LogP contribution < -0.4 is 10.5 Å². The molecular formula is C24H33NO. The zero-order valence-electron chi connectivity index (χ0n) is 16.3. The van der Waals surface area contributed by atoms with Crippen molar-refractivity contribution in [3.8, 4) is 5.75 Å². The monoisotopic (exact) mass is 351 g/mol. The molecule has 26 heavy (non-hydrogen) atoms. The second kappa shape index (κ2) is 9.23. The van der Waals surface area contributed by atoms with Crippen LogP contribution in [0.4, 0.5) is 0 Å². The second-order valence-electron chi connectivity index (χ2n) is 7.66. The fourth-order valence-corrected chi connectivity index (χ4v) is 4.06. The van der Waals surface area contributed by atoms with Crippen LogP contribution in [0.25, 0.3) is 0 Å². The summed E-state index contributed by atoms with van der Waals surface area (Å²) in [5.41, 5.74) is 10.2. The van der Waals surface area contributed by atoms with Gasteiger partial charge in [0.2, 0.25) is 0 Å². The highest BCUT2D eigenvalue weighted by atomic mass is 16.5. The number of fused-ring (bicyclic) bond motifs is 1. The van der Waals surface area contributed by atoms with Gasteiger partial charge in [0.1, 0.15) is 11.9 Å². The number of ether oxygens (including phenoxy) is 1. The molecule has 0 bridgehead atoms. The Labute approximate surface area is 158 Å². The van der Waals surface area contributed by atoms with Crippen molar-refractivity contribution >= 4 is 0 Å². The molecule has 0 fully saturated rings. The maximum Gasteiger partial charge on any atom is 0.127 e. The Balaban J connectivity index is 1.68. The lowest BCUT2D eigenvalue weighted by Crippen LogP contribution is -2.18. The topological polar surface area (TPSA) is 35.2 Å². The molecule has 0 amide bonds. The lowest BCUT2D eigenvalue weighted by Gasteiger charge is -2.23. The van der Waals surface area contributed by atoms with Gasteiger partial charge in [0.05, 0.1) is 0 Å². The molecule has 0 heterocycles. The van der Waals surface area contributed by atoms with Crippen LogP contribution >= 0.6 is 0 Å². The molecule has 3 rings (SSSR count). The van der Waals surface area contributed by atoms with Crippen molar-refractivity contribution in [2.75, 3.05) is 0 Å². The van der Waals surface area contributed by atoms with Gasteiger partial charge >= 0.3 is 0 Å². The average molecular weight is 352 g/mol. The molecule has 2 nitrogen and oxygen atoms in total. The molecule has 140 valence electrons. The quantitative estimate of drug-likeness (QED) is 0.576. The highest BCUT2D eigenvalue weighted by Crippen LogP contribution is 2.41. The van der Waals surface area contributed by atoms with Gasteiger partial charge in [-0.2, -0.15) is 0 Å². The number of hydrogen-bond donors (Lipinski definition) is 1. The SMILES string of the molecule is CCc1cccc(OC2c3ccccc3C[C@H]2CCCCC(N)CC)c1. The highest BCUT2D eigenvalue weighted by molar-refractivity contribution is 5.37. The normalized spacial score (nSPS) is 20.0. The molecule has 2 unspecified atom stereocenters. The lowest BCUT2D eigenvalue weighted by atomic mass is 9.95. The second-order valence-corrected chi connectivity index (χ2v) is 7.66. The van der Waals surface area contributed by atoms with E-state index in [0.29, 0.717) is 12.0 Å². The van der Waals surface area contributed by atoms with Crippen molar-refractivity contribution in [2.24, 2.45) is 11.7 Å². The molecule has 2 aromatic rings. The van der Waals surface area contributed by atoms with E-state index in [1.165, 1.54) is 36.0 Å². The van der Waals surface area contributed by atoms with Gasteiger partial charge in [0, 0.05) is 12.0 Å². The van der Waals surface area contributed by atoms with Gasteiger partial charge in [0.25, 0.3) is 0 Å². The van der Waals surface area contributed by atoms with Gasteiger partial charge < -0.3 is 10.5 Å². The van der Waals surface area contributed by atoms with Crippen molar-refractivity contribution in [2.45, 2.75) is 70.9 Å². The highest BCUT2D eigenvalue weighted by Gasteiger charge is 2.33. The third-order valence-electron chi connectivity index (χ3n) is 5.77. The number of nitrogens with two attached hydrogens (primary N) is 1. The molecule has 3 atom stereocenters. The van der Waals surface area contributed by atoms with Crippen LogP contribution in [0.15, 0.2) is 48.5 Å². The molecule has 2 N–H and O–H groups in total. The predicted octanol–water partition coefficient (Wildman–Crippen LogP) is 5.84. The zero-order valence-corrected chi connectivity index (χ0v) is 16.3. The minimum absolute atomic E-state index is 0.179. The maximum atomic E-state index is 6.53. The fraction of sp³-hybridized carbons (Fsp3) is 0.500. The number of unbranched alkanes of at least 4 members (excludes halogenated alkanes) is 1. The lowest BCUT2D eigenvalue weighted by molar-refractivity contribution is 0.141. The third-order valence-corrected chi connectivity index (χ3v) is 5.77. The van der Waals surface area contributed by atoms with Gasteiger partial charge in [-0.05, 0) is 60.9 Å². The summed E-state index contributed by atoms with van der Waals surface area (Å²) in [6, 6.07) is 17.7. The van der Waals surface area contributed by atoms with Crippen LogP contribution in [0.1, 0.15) is 68.7 Å². The summed E-state index contributed by atoms with van der Waals surface area (Å²) in [5, 5.41) is 0. The summed E-state index contributed by atoms with van der Waals surface area (Å²) in [4.78, 5) is 0. The van der Waals surface area contributed by atoms with Crippen LogP contribution in [0, 0.1) is 5.92 Å². The summed E-state index contributed by atoms with van der Waals surface area (Å²) >= 11 is 0. The Kier molecular flexibility index (Phi) is 6.73. The van der Waals surface area contributed by atoms with Crippen molar-refractivity contribution in [1.29, 1.82) is 0 Å². The Hall–Kier alpha value is -1.80. The first kappa shape index (κ1) is 19.0. The van der Waals surface area contributed by atoms with E-state index in [9.17, 15) is 0 Å². The molecule has 2 aromatic carbocycles. The Morgan fingerprint density at radius 2 is 1.92 bits per heavy atom. The van der Waals surface area contributed by atoms with Gasteiger partial charge in [0.15, 0.2) is 0 Å². The smallest absolute Gasteiger partial charge is 0.127 e. The molecular weight excluding hydrogens is 318 g/mol. The standard InChI is InChI=1S/C24H33NO/c1-3-18-10-9-14-22(16-18)26-24-20(12-5-7-13-21(25)4-2)17-19-11-6-8-15-23(19)24/h6,8-11,14-16,20-21,24H,3-5,7,12-13,17,25H2,1-2H3/t20-,21?,24?/m1/s1. The Morgan fingerprint density at radius 1 is 1.08 bits per heavy atom. The molecule has 2 heteroatoms. The molecule has 0 spiro atoms. The van der Waals surface area contributed by atoms with E-state index in [0.717, 1.165) is 31.4 Å². The van der Waals surface area contributed by atoms with E-state index in [4.69, 9.17) is 10.5 Å². The van der Waals surface area contributed by atoms with E-state index in [-0.39, 0.29) is 6.10 Å². The Morgan fingerprint density at radius 3 is 2.73 bits per heavy atom. The first-order chi connectivity index (χ1) is 12.7. The molecule has 1 aliphatic rings. The van der Waals surface area contributed by atoms with Crippen LogP contribution in [-0.2, 0) is 12.8 Å². The minimum Gasteiger partial charge on any atom is -0.485 e. The number of rotatable bonds is 9. The van der Waals surface area contributed by atoms with Crippen LogP contribution in [0.5, 0.6) is 5.75 Å². The van der Waals surface area contributed by atoms with Crippen LogP contribution in [0.2, 0.25) is 0 Å². The molecule has 0 saturated heterocycles. The minimum atomic E-state index is 0.179. The number of benzene rings is 2. The molecule has 0 saturated carbocycles. The van der Waals surface area contributed by atoms with Crippen molar-refractivity contribution in [3.63, 3.8) is 0 Å². The fourth-order valence-electron chi connectivity index (χ4n) is 4.06. The van der Waals surface area contributed by atoms with Gasteiger partial charge in [-0.15, -0.1) is 0 Å². The van der Waals surface area contributed by atoms with E-state index in [1.54, 1.807) is 0 Å². The Bertz CT molecular complexity index is 696. The average Bonchev–Trinajstić information content (AvgIpc) is 3.02. The van der Waals surface area contributed by atoms with E-state index >= 15 is 0 Å². The first-order valence-corrected chi connectivity index (χ1v) is 10.3. The van der Waals surface area contributed by atoms with Gasteiger partial charge in [-0.25, -0.2) is 0 Å². The summed E-state index contributed by atoms with van der Waals surface area (Å²) in [6.45, 7) is 4.36. The molecule has 0 radical (unpaired) electrons. The van der Waals surface area contributed by atoms with Gasteiger partial charge in [-0.1, -0.05) is 63.1 Å². The molecule has 1 aliphatic carbocycles. The van der Waals surface area contributed by atoms with Crippen molar-refractivity contribution < 1.29 is 4.74 Å². The first-order valence-electron chi connectivity index (χ1n) is 10.3. The number of hydrogen-bond acceptors (Lipinski definition) is 2. The largest absolute Gasteiger partial charge is 0.485 e. The third kappa shape index (κ3) is 4.67. The number of aryl methyl sites for hydroxylation is 1. The van der Waals surface area contributed by atoms with Crippen molar-refractivity contribution in [3.05, 3.63) is 65.2 Å². The maximum absolute atomic E-state index is 6.53. The summed E-state index contributed by atoms with van der Waals surface area (Å²) < 4.78 is 6.53. The van der Waals surface area contributed by atoms with Crippen LogP contribution in [0.3, 0.4) is 0 Å². The molecule has 0 aliphatic heterocycles. The predicted molar refractivity (Wildman–Crippen MR) is 110 cm³/mol. The summed E-state index contributed by atoms with van der Waals surface area (Å²) in [5.74, 6) is 1.57. The van der Waals surface area contributed by atoms with Gasteiger partial charge in [-0.3, -0.25) is 0 Å². The van der Waals surface area contributed by atoms with E-state index in [2.05, 4.69) is 62.4 Å². The van der Waals surface area contributed by atoms with Crippen molar-refractivity contribution in [1.82, 2.24) is 0 Å².